The van der Waals surface area contributed by atoms with E-state index >= 15 is 0 Å². The predicted octanol–water partition coefficient (Wildman–Crippen LogP) is 1.71. The number of nitrogens with zero attached hydrogens (tertiary/aromatic N) is 4. The van der Waals surface area contributed by atoms with Crippen molar-refractivity contribution in [1.29, 1.82) is 0 Å². The number of aromatic nitrogens is 2. The quantitative estimate of drug-likeness (QED) is 0.642. The Morgan fingerprint density at radius 2 is 2.05 bits per heavy atom. The first-order valence-electron chi connectivity index (χ1n) is 8.22. The van der Waals surface area contributed by atoms with Gasteiger partial charge in [0.2, 0.25) is 0 Å². The van der Waals surface area contributed by atoms with E-state index in [4.69, 9.17) is 9.73 Å². The maximum Gasteiger partial charge on any atom is 0.194 e. The van der Waals surface area contributed by atoms with Gasteiger partial charge in [0.25, 0.3) is 0 Å². The summed E-state index contributed by atoms with van der Waals surface area (Å²) in [6.07, 6.45) is 2.52. The van der Waals surface area contributed by atoms with E-state index in [1.165, 1.54) is 24.1 Å². The smallest absolute Gasteiger partial charge is 0.194 e. The van der Waals surface area contributed by atoms with Crippen molar-refractivity contribution < 1.29 is 4.74 Å². The second kappa shape index (κ2) is 8.17. The van der Waals surface area contributed by atoms with Crippen LogP contribution in [0.3, 0.4) is 0 Å². The van der Waals surface area contributed by atoms with Crippen LogP contribution in [0.1, 0.15) is 36.7 Å². The second-order valence-electron chi connectivity index (χ2n) is 5.73. The highest BCUT2D eigenvalue weighted by Crippen LogP contribution is 2.15. The molecule has 1 fully saturated rings. The van der Waals surface area contributed by atoms with Gasteiger partial charge in [0, 0.05) is 38.0 Å². The van der Waals surface area contributed by atoms with Crippen molar-refractivity contribution in [2.75, 3.05) is 33.4 Å². The Morgan fingerprint density at radius 3 is 2.68 bits per heavy atom. The minimum absolute atomic E-state index is 0.682. The second-order valence-corrected chi connectivity index (χ2v) is 5.73. The summed E-state index contributed by atoms with van der Waals surface area (Å²) < 4.78 is 7.16. The highest BCUT2D eigenvalue weighted by Gasteiger charge is 2.16. The van der Waals surface area contributed by atoms with Crippen LogP contribution in [0.15, 0.2) is 4.99 Å². The van der Waals surface area contributed by atoms with E-state index < -0.39 is 0 Å². The van der Waals surface area contributed by atoms with Crippen molar-refractivity contribution in [1.82, 2.24) is 20.0 Å². The summed E-state index contributed by atoms with van der Waals surface area (Å²) in [6, 6.07) is 0. The Morgan fingerprint density at radius 1 is 1.32 bits per heavy atom. The van der Waals surface area contributed by atoms with Crippen molar-refractivity contribution in [2.24, 2.45) is 4.99 Å². The Hall–Kier alpha value is -1.56. The summed E-state index contributed by atoms with van der Waals surface area (Å²) in [5, 5.41) is 8.01. The van der Waals surface area contributed by atoms with E-state index in [-0.39, 0.29) is 0 Å². The van der Waals surface area contributed by atoms with Gasteiger partial charge in [-0.3, -0.25) is 4.68 Å². The molecule has 2 rings (SSSR count). The van der Waals surface area contributed by atoms with Gasteiger partial charge >= 0.3 is 0 Å². The van der Waals surface area contributed by atoms with Gasteiger partial charge in [-0.1, -0.05) is 0 Å². The minimum Gasteiger partial charge on any atom is -0.383 e. The van der Waals surface area contributed by atoms with Crippen LogP contribution in [0.25, 0.3) is 0 Å². The zero-order valence-electron chi connectivity index (χ0n) is 14.4. The summed E-state index contributed by atoms with van der Waals surface area (Å²) in [5.74, 6) is 1.03. The van der Waals surface area contributed by atoms with Crippen molar-refractivity contribution in [3.05, 3.63) is 17.0 Å². The van der Waals surface area contributed by atoms with Gasteiger partial charge in [0.15, 0.2) is 5.96 Å². The molecule has 0 amide bonds. The lowest BCUT2D eigenvalue weighted by molar-refractivity contribution is 0.182. The average Bonchev–Trinajstić information content (AvgIpc) is 3.12. The number of methoxy groups -OCH3 is 1. The third-order valence-corrected chi connectivity index (χ3v) is 4.17. The number of aliphatic imine (C=N–C) groups is 1. The molecule has 6 heteroatoms. The first-order valence-corrected chi connectivity index (χ1v) is 8.22. The molecule has 6 nitrogen and oxygen atoms in total. The molecule has 0 aliphatic carbocycles. The molecule has 0 saturated carbocycles. The highest BCUT2D eigenvalue weighted by atomic mass is 16.5. The summed E-state index contributed by atoms with van der Waals surface area (Å²) in [5.41, 5.74) is 3.48. The number of rotatable bonds is 6. The van der Waals surface area contributed by atoms with Crippen molar-refractivity contribution in [3.8, 4) is 0 Å². The number of aryl methyl sites for hydroxylation is 1. The lowest BCUT2D eigenvalue weighted by atomic mass is 10.2. The molecule has 1 aromatic heterocycles. The first-order chi connectivity index (χ1) is 10.7. The van der Waals surface area contributed by atoms with Crippen LogP contribution >= 0.6 is 0 Å². The number of likely N-dealkylation sites (tertiary alicyclic amines) is 1. The average molecular weight is 307 g/mol. The Kier molecular flexibility index (Phi) is 6.24. The maximum atomic E-state index is 5.14. The van der Waals surface area contributed by atoms with Gasteiger partial charge in [-0.05, 0) is 33.6 Å². The van der Waals surface area contributed by atoms with Crippen LogP contribution in [0.5, 0.6) is 0 Å². The molecule has 0 spiro atoms. The van der Waals surface area contributed by atoms with Crippen LogP contribution in [-0.4, -0.2) is 54.0 Å². The maximum absolute atomic E-state index is 5.14. The van der Waals surface area contributed by atoms with Crippen LogP contribution in [-0.2, 0) is 17.8 Å². The van der Waals surface area contributed by atoms with Crippen molar-refractivity contribution >= 4 is 5.96 Å². The molecule has 0 unspecified atom stereocenters. The minimum atomic E-state index is 0.682. The molecule has 2 heterocycles. The molecule has 22 heavy (non-hydrogen) atoms. The molecule has 0 atom stereocenters. The van der Waals surface area contributed by atoms with Crippen molar-refractivity contribution in [2.45, 2.75) is 46.7 Å². The highest BCUT2D eigenvalue weighted by molar-refractivity contribution is 5.80. The lowest BCUT2D eigenvalue weighted by Gasteiger charge is -2.20. The zero-order chi connectivity index (χ0) is 15.9. The number of hydrogen-bond donors (Lipinski definition) is 1. The van der Waals surface area contributed by atoms with Gasteiger partial charge in [-0.15, -0.1) is 0 Å². The van der Waals surface area contributed by atoms with Crippen LogP contribution in [0.4, 0.5) is 0 Å². The summed E-state index contributed by atoms with van der Waals surface area (Å²) in [6.45, 7) is 11.6. The number of ether oxygens (including phenoxy) is 1. The third-order valence-electron chi connectivity index (χ3n) is 4.17. The van der Waals surface area contributed by atoms with Crippen molar-refractivity contribution in [3.63, 3.8) is 0 Å². The third kappa shape index (κ3) is 4.00. The number of hydrogen-bond acceptors (Lipinski definition) is 3. The van der Waals surface area contributed by atoms with E-state index in [0.717, 1.165) is 37.8 Å². The largest absolute Gasteiger partial charge is 0.383 e. The normalized spacial score (nSPS) is 15.6. The Balaban J connectivity index is 2.10. The van der Waals surface area contributed by atoms with Crippen LogP contribution < -0.4 is 5.32 Å². The Labute approximate surface area is 133 Å². The monoisotopic (exact) mass is 307 g/mol. The molecular formula is C16H29N5O. The SMILES string of the molecule is CCNC(=NCc1c(C)nn(CCOC)c1C)N1CCCC1. The van der Waals surface area contributed by atoms with E-state index in [2.05, 4.69) is 36.1 Å². The predicted molar refractivity (Wildman–Crippen MR) is 89.2 cm³/mol. The molecule has 1 aliphatic rings. The van der Waals surface area contributed by atoms with E-state index in [1.54, 1.807) is 7.11 Å². The Bertz CT molecular complexity index is 503. The molecule has 0 aromatic carbocycles. The molecule has 1 N–H and O–H groups in total. The number of guanidine groups is 1. The first kappa shape index (κ1) is 16.8. The number of nitrogens with one attached hydrogen (secondary N) is 1. The summed E-state index contributed by atoms with van der Waals surface area (Å²) in [7, 11) is 1.72. The van der Waals surface area contributed by atoms with Crippen LogP contribution in [0, 0.1) is 13.8 Å². The molecule has 0 bridgehead atoms. The summed E-state index contributed by atoms with van der Waals surface area (Å²) in [4.78, 5) is 7.18. The van der Waals surface area contributed by atoms with E-state index in [1.807, 2.05) is 4.68 Å². The van der Waals surface area contributed by atoms with Gasteiger partial charge in [-0.25, -0.2) is 4.99 Å². The lowest BCUT2D eigenvalue weighted by Crippen LogP contribution is -2.39. The summed E-state index contributed by atoms with van der Waals surface area (Å²) >= 11 is 0. The zero-order valence-corrected chi connectivity index (χ0v) is 14.4. The molecule has 124 valence electrons. The van der Waals surface area contributed by atoms with Gasteiger partial charge < -0.3 is 15.0 Å². The molecule has 1 aliphatic heterocycles. The standard InChI is InChI=1S/C16H29N5O/c1-5-17-16(20-8-6-7-9-20)18-12-15-13(2)19-21(14(15)3)10-11-22-4/h5-12H2,1-4H3,(H,17,18). The fourth-order valence-corrected chi connectivity index (χ4v) is 2.87. The molecular weight excluding hydrogens is 278 g/mol. The molecule has 1 saturated heterocycles. The van der Waals surface area contributed by atoms with Gasteiger partial charge in [0.1, 0.15) is 0 Å². The fourth-order valence-electron chi connectivity index (χ4n) is 2.87. The fraction of sp³-hybridized carbons (Fsp3) is 0.750. The van der Waals surface area contributed by atoms with Gasteiger partial charge in [-0.2, -0.15) is 5.10 Å². The molecule has 0 radical (unpaired) electrons. The van der Waals surface area contributed by atoms with Gasteiger partial charge in [0.05, 0.1) is 25.4 Å². The topological polar surface area (TPSA) is 54.7 Å². The van der Waals surface area contributed by atoms with E-state index in [0.29, 0.717) is 13.2 Å². The van der Waals surface area contributed by atoms with E-state index in [9.17, 15) is 0 Å². The molecule has 1 aromatic rings. The van der Waals surface area contributed by atoms with Crippen LogP contribution in [0.2, 0.25) is 0 Å².